The molecule has 0 heterocycles. The molecule has 0 aliphatic carbocycles. The van der Waals surface area contributed by atoms with Gasteiger partial charge in [-0.2, -0.15) is 0 Å². The van der Waals surface area contributed by atoms with E-state index < -0.39 is 0 Å². The van der Waals surface area contributed by atoms with Crippen LogP contribution in [-0.2, 0) is 14.8 Å². The van der Waals surface area contributed by atoms with Gasteiger partial charge >= 0.3 is 0 Å². The second kappa shape index (κ2) is 5.37. The van der Waals surface area contributed by atoms with Gasteiger partial charge in [-0.1, -0.05) is 34.1 Å². The summed E-state index contributed by atoms with van der Waals surface area (Å²) in [4.78, 5) is 0. The Kier molecular flexibility index (Phi) is 4.42. The summed E-state index contributed by atoms with van der Waals surface area (Å²) in [6.07, 6.45) is -0.265. The topological polar surface area (TPSA) is 18.5 Å². The predicted molar refractivity (Wildman–Crippen MR) is 55.8 cm³/mol. The highest BCUT2D eigenvalue weighted by Crippen LogP contribution is 2.19. The molecule has 0 aromatic heterocycles. The standard InChI is InChI=1S/C10H13BrO2/c1-12-10(13-2)9-5-3-4-8(6-9)7-11/h3-6,10H,7H2,1-2H3. The fraction of sp³-hybridized carbons (Fsp3) is 0.400. The number of alkyl halides is 1. The summed E-state index contributed by atoms with van der Waals surface area (Å²) in [6, 6.07) is 8.10. The molecule has 1 rings (SSSR count). The van der Waals surface area contributed by atoms with Crippen LogP contribution in [0.4, 0.5) is 0 Å². The van der Waals surface area contributed by atoms with E-state index in [4.69, 9.17) is 9.47 Å². The van der Waals surface area contributed by atoms with Crippen molar-refractivity contribution < 1.29 is 9.47 Å². The summed E-state index contributed by atoms with van der Waals surface area (Å²) >= 11 is 3.40. The van der Waals surface area contributed by atoms with Gasteiger partial charge in [-0.25, -0.2) is 0 Å². The first-order valence-electron chi connectivity index (χ1n) is 4.02. The third-order valence-electron chi connectivity index (χ3n) is 1.81. The first kappa shape index (κ1) is 10.7. The minimum Gasteiger partial charge on any atom is -0.352 e. The molecule has 0 amide bonds. The van der Waals surface area contributed by atoms with Crippen molar-refractivity contribution in [2.24, 2.45) is 0 Å². The van der Waals surface area contributed by atoms with E-state index in [9.17, 15) is 0 Å². The van der Waals surface area contributed by atoms with Crippen LogP contribution in [0.5, 0.6) is 0 Å². The highest BCUT2D eigenvalue weighted by atomic mass is 79.9. The maximum Gasteiger partial charge on any atom is 0.183 e. The van der Waals surface area contributed by atoms with Gasteiger partial charge < -0.3 is 9.47 Å². The lowest BCUT2D eigenvalue weighted by atomic mass is 10.1. The third-order valence-corrected chi connectivity index (χ3v) is 2.45. The van der Waals surface area contributed by atoms with Crippen LogP contribution in [0.25, 0.3) is 0 Å². The molecule has 13 heavy (non-hydrogen) atoms. The van der Waals surface area contributed by atoms with Gasteiger partial charge in [-0.05, 0) is 11.6 Å². The van der Waals surface area contributed by atoms with E-state index in [1.54, 1.807) is 14.2 Å². The Morgan fingerprint density at radius 3 is 2.54 bits per heavy atom. The van der Waals surface area contributed by atoms with E-state index in [2.05, 4.69) is 28.1 Å². The molecule has 0 fully saturated rings. The lowest BCUT2D eigenvalue weighted by Crippen LogP contribution is -2.03. The maximum atomic E-state index is 5.15. The van der Waals surface area contributed by atoms with Crippen LogP contribution in [0.15, 0.2) is 24.3 Å². The summed E-state index contributed by atoms with van der Waals surface area (Å²) in [7, 11) is 3.27. The smallest absolute Gasteiger partial charge is 0.183 e. The monoisotopic (exact) mass is 244 g/mol. The van der Waals surface area contributed by atoms with Crippen LogP contribution < -0.4 is 0 Å². The normalized spacial score (nSPS) is 10.8. The molecule has 0 aliphatic heterocycles. The molecule has 0 saturated carbocycles. The lowest BCUT2D eigenvalue weighted by molar-refractivity contribution is -0.106. The molecule has 72 valence electrons. The van der Waals surface area contributed by atoms with Crippen molar-refractivity contribution in [3.8, 4) is 0 Å². The van der Waals surface area contributed by atoms with E-state index in [0.29, 0.717) is 0 Å². The number of benzene rings is 1. The summed E-state index contributed by atoms with van der Waals surface area (Å²) in [5, 5.41) is 0.848. The maximum absolute atomic E-state index is 5.15. The molecule has 0 spiro atoms. The number of rotatable bonds is 4. The fourth-order valence-corrected chi connectivity index (χ4v) is 1.54. The average molecular weight is 245 g/mol. The van der Waals surface area contributed by atoms with Crippen molar-refractivity contribution in [3.05, 3.63) is 35.4 Å². The lowest BCUT2D eigenvalue weighted by Gasteiger charge is -2.13. The molecular weight excluding hydrogens is 232 g/mol. The van der Waals surface area contributed by atoms with Crippen molar-refractivity contribution >= 4 is 15.9 Å². The largest absolute Gasteiger partial charge is 0.352 e. The molecule has 2 nitrogen and oxygen atoms in total. The van der Waals surface area contributed by atoms with E-state index in [1.807, 2.05) is 12.1 Å². The second-order valence-electron chi connectivity index (χ2n) is 2.68. The molecule has 0 aliphatic rings. The molecule has 0 unspecified atom stereocenters. The molecule has 0 bridgehead atoms. The minimum atomic E-state index is -0.265. The Bertz CT molecular complexity index is 259. The van der Waals surface area contributed by atoms with Gasteiger partial charge in [0.1, 0.15) is 0 Å². The van der Waals surface area contributed by atoms with Gasteiger partial charge in [0.2, 0.25) is 0 Å². The van der Waals surface area contributed by atoms with Crippen LogP contribution in [-0.4, -0.2) is 14.2 Å². The zero-order valence-corrected chi connectivity index (χ0v) is 9.37. The van der Waals surface area contributed by atoms with Gasteiger partial charge in [0.15, 0.2) is 6.29 Å². The second-order valence-corrected chi connectivity index (χ2v) is 3.24. The third kappa shape index (κ3) is 2.79. The fourth-order valence-electron chi connectivity index (χ4n) is 1.19. The molecule has 3 heteroatoms. The summed E-state index contributed by atoms with van der Waals surface area (Å²) in [6.45, 7) is 0. The van der Waals surface area contributed by atoms with E-state index in [1.165, 1.54) is 5.56 Å². The molecule has 1 aromatic carbocycles. The van der Waals surface area contributed by atoms with E-state index in [-0.39, 0.29) is 6.29 Å². The molecule has 1 aromatic rings. The van der Waals surface area contributed by atoms with Gasteiger partial charge in [0, 0.05) is 25.1 Å². The van der Waals surface area contributed by atoms with Crippen molar-refractivity contribution in [2.45, 2.75) is 11.6 Å². The van der Waals surface area contributed by atoms with Gasteiger partial charge in [0.25, 0.3) is 0 Å². The van der Waals surface area contributed by atoms with Crippen molar-refractivity contribution in [1.82, 2.24) is 0 Å². The van der Waals surface area contributed by atoms with Crippen molar-refractivity contribution in [3.63, 3.8) is 0 Å². The number of hydrogen-bond donors (Lipinski definition) is 0. The summed E-state index contributed by atoms with van der Waals surface area (Å²) < 4.78 is 10.3. The molecule has 0 N–H and O–H groups in total. The SMILES string of the molecule is COC(OC)c1cccc(CBr)c1. The van der Waals surface area contributed by atoms with Gasteiger partial charge in [-0.3, -0.25) is 0 Å². The first-order chi connectivity index (χ1) is 6.31. The highest BCUT2D eigenvalue weighted by Gasteiger charge is 2.07. The van der Waals surface area contributed by atoms with Crippen LogP contribution in [0.2, 0.25) is 0 Å². The summed E-state index contributed by atoms with van der Waals surface area (Å²) in [5.41, 5.74) is 2.26. The van der Waals surface area contributed by atoms with Crippen LogP contribution in [0.1, 0.15) is 17.4 Å². The number of methoxy groups -OCH3 is 2. The van der Waals surface area contributed by atoms with Crippen molar-refractivity contribution in [2.75, 3.05) is 14.2 Å². The minimum absolute atomic E-state index is 0.265. The number of hydrogen-bond acceptors (Lipinski definition) is 2. The Labute approximate surface area is 87.0 Å². The molecular formula is C10H13BrO2. The predicted octanol–water partition coefficient (Wildman–Crippen LogP) is 2.87. The Morgan fingerprint density at radius 2 is 2.00 bits per heavy atom. The average Bonchev–Trinajstić information content (AvgIpc) is 2.20. The van der Waals surface area contributed by atoms with E-state index in [0.717, 1.165) is 10.9 Å². The van der Waals surface area contributed by atoms with Crippen molar-refractivity contribution in [1.29, 1.82) is 0 Å². The zero-order valence-electron chi connectivity index (χ0n) is 7.79. The summed E-state index contributed by atoms with van der Waals surface area (Å²) in [5.74, 6) is 0. The van der Waals surface area contributed by atoms with Crippen LogP contribution >= 0.6 is 15.9 Å². The number of halogens is 1. The Hall–Kier alpha value is -0.380. The van der Waals surface area contributed by atoms with E-state index >= 15 is 0 Å². The number of ether oxygens (including phenoxy) is 2. The first-order valence-corrected chi connectivity index (χ1v) is 5.14. The zero-order chi connectivity index (χ0) is 9.68. The quantitative estimate of drug-likeness (QED) is 0.599. The van der Waals surface area contributed by atoms with Crippen LogP contribution in [0, 0.1) is 0 Å². The molecule has 0 saturated heterocycles. The Balaban J connectivity index is 2.86. The molecule has 0 atom stereocenters. The van der Waals surface area contributed by atoms with Crippen LogP contribution in [0.3, 0.4) is 0 Å². The molecule has 0 radical (unpaired) electrons. The Morgan fingerprint density at radius 1 is 1.31 bits per heavy atom. The van der Waals surface area contributed by atoms with Gasteiger partial charge in [-0.15, -0.1) is 0 Å². The highest BCUT2D eigenvalue weighted by molar-refractivity contribution is 9.08. The van der Waals surface area contributed by atoms with Gasteiger partial charge in [0.05, 0.1) is 0 Å².